The Bertz CT molecular complexity index is 295. The summed E-state index contributed by atoms with van der Waals surface area (Å²) < 4.78 is 11.1. The molecule has 17 heavy (non-hydrogen) atoms. The average Bonchev–Trinajstić information content (AvgIpc) is 2.57. The van der Waals surface area contributed by atoms with E-state index in [2.05, 4.69) is 22.6 Å². The zero-order chi connectivity index (χ0) is 13.1. The highest BCUT2D eigenvalue weighted by Gasteiger charge is 2.34. The quantitative estimate of drug-likeness (QED) is 0.442. The van der Waals surface area contributed by atoms with Gasteiger partial charge in [0.25, 0.3) is 0 Å². The van der Waals surface area contributed by atoms with Gasteiger partial charge in [0.1, 0.15) is 6.10 Å². The first-order valence-electron chi connectivity index (χ1n) is 5.77. The standard InChI is InChI=1S/C12H19IO4/c1-12(2,3)11(15)16-5-4-8-6-10(14)17-9(8)7-13/h8-9H,4-7H2,1-3H3/t8-,9+/m0/s1. The van der Waals surface area contributed by atoms with Crippen molar-refractivity contribution in [2.45, 2.75) is 39.7 Å². The Balaban J connectivity index is 2.32. The van der Waals surface area contributed by atoms with E-state index >= 15 is 0 Å². The van der Waals surface area contributed by atoms with Gasteiger partial charge in [0.15, 0.2) is 0 Å². The molecule has 1 aliphatic heterocycles. The zero-order valence-electron chi connectivity index (χ0n) is 10.5. The molecule has 98 valence electrons. The smallest absolute Gasteiger partial charge is 0.311 e. The molecule has 0 aromatic heterocycles. The number of carbonyl (C=O) groups is 2. The molecule has 0 aliphatic carbocycles. The van der Waals surface area contributed by atoms with E-state index in [1.165, 1.54) is 0 Å². The Morgan fingerprint density at radius 2 is 2.18 bits per heavy atom. The van der Waals surface area contributed by atoms with E-state index in [0.29, 0.717) is 19.4 Å². The van der Waals surface area contributed by atoms with Crippen LogP contribution in [0, 0.1) is 11.3 Å². The van der Waals surface area contributed by atoms with E-state index in [9.17, 15) is 9.59 Å². The highest BCUT2D eigenvalue weighted by atomic mass is 127. The first-order chi connectivity index (χ1) is 7.84. The maximum absolute atomic E-state index is 11.5. The lowest BCUT2D eigenvalue weighted by molar-refractivity contribution is -0.153. The number of rotatable bonds is 4. The summed E-state index contributed by atoms with van der Waals surface area (Å²) in [5.74, 6) is -0.153. The van der Waals surface area contributed by atoms with E-state index in [-0.39, 0.29) is 24.0 Å². The Hall–Kier alpha value is -0.330. The van der Waals surface area contributed by atoms with Crippen molar-refractivity contribution in [1.29, 1.82) is 0 Å². The molecule has 1 heterocycles. The van der Waals surface area contributed by atoms with E-state index < -0.39 is 5.41 Å². The molecule has 0 amide bonds. The Morgan fingerprint density at radius 1 is 1.53 bits per heavy atom. The van der Waals surface area contributed by atoms with Crippen LogP contribution in [0.15, 0.2) is 0 Å². The predicted octanol–water partition coefficient (Wildman–Crippen LogP) is 2.33. The Morgan fingerprint density at radius 3 is 2.71 bits per heavy atom. The van der Waals surface area contributed by atoms with Crippen molar-refractivity contribution >= 4 is 34.5 Å². The van der Waals surface area contributed by atoms with Crippen LogP contribution in [0.2, 0.25) is 0 Å². The van der Waals surface area contributed by atoms with Crippen LogP contribution in [0.25, 0.3) is 0 Å². The zero-order valence-corrected chi connectivity index (χ0v) is 12.7. The number of carbonyl (C=O) groups excluding carboxylic acids is 2. The molecule has 0 spiro atoms. The second-order valence-electron chi connectivity index (χ2n) is 5.32. The molecule has 0 aromatic rings. The van der Waals surface area contributed by atoms with Crippen LogP contribution in [0.5, 0.6) is 0 Å². The number of esters is 2. The number of cyclic esters (lactones) is 1. The van der Waals surface area contributed by atoms with Gasteiger partial charge in [-0.3, -0.25) is 9.59 Å². The molecular weight excluding hydrogens is 335 g/mol. The van der Waals surface area contributed by atoms with Gasteiger partial charge in [-0.05, 0) is 27.2 Å². The molecule has 1 rings (SSSR count). The second kappa shape index (κ2) is 6.02. The molecule has 1 fully saturated rings. The van der Waals surface area contributed by atoms with Crippen LogP contribution < -0.4 is 0 Å². The van der Waals surface area contributed by atoms with Gasteiger partial charge in [-0.2, -0.15) is 0 Å². The van der Waals surface area contributed by atoms with Crippen molar-refractivity contribution in [2.75, 3.05) is 11.0 Å². The molecule has 4 nitrogen and oxygen atoms in total. The van der Waals surface area contributed by atoms with E-state index in [1.807, 2.05) is 20.8 Å². The minimum Gasteiger partial charge on any atom is -0.465 e. The monoisotopic (exact) mass is 354 g/mol. The molecule has 1 saturated heterocycles. The van der Waals surface area contributed by atoms with Crippen LogP contribution in [-0.2, 0) is 19.1 Å². The van der Waals surface area contributed by atoms with Crippen LogP contribution in [-0.4, -0.2) is 29.1 Å². The SMILES string of the molecule is CC(C)(C)C(=O)OCC[C@H]1CC(=O)O[C@@H]1CI. The lowest BCUT2D eigenvalue weighted by atomic mass is 9.97. The fraction of sp³-hybridized carbons (Fsp3) is 0.833. The van der Waals surface area contributed by atoms with Gasteiger partial charge in [0, 0.05) is 10.3 Å². The van der Waals surface area contributed by atoms with Gasteiger partial charge in [-0.25, -0.2) is 0 Å². The van der Waals surface area contributed by atoms with Crippen LogP contribution in [0.1, 0.15) is 33.6 Å². The molecule has 0 saturated carbocycles. The molecule has 0 bridgehead atoms. The molecule has 0 unspecified atom stereocenters. The number of ether oxygens (including phenoxy) is 2. The van der Waals surface area contributed by atoms with Gasteiger partial charge in [-0.15, -0.1) is 0 Å². The lowest BCUT2D eigenvalue weighted by Crippen LogP contribution is -2.25. The Kier molecular flexibility index (Phi) is 5.22. The maximum atomic E-state index is 11.5. The summed E-state index contributed by atoms with van der Waals surface area (Å²) in [7, 11) is 0. The Labute approximate surface area is 116 Å². The fourth-order valence-corrected chi connectivity index (χ4v) is 2.52. The summed E-state index contributed by atoms with van der Waals surface area (Å²) in [6.07, 6.45) is 1.12. The summed E-state index contributed by atoms with van der Waals surface area (Å²) in [6, 6.07) is 0. The van der Waals surface area contributed by atoms with E-state index in [1.54, 1.807) is 0 Å². The van der Waals surface area contributed by atoms with Crippen molar-refractivity contribution in [3.8, 4) is 0 Å². The third-order valence-corrected chi connectivity index (χ3v) is 3.59. The maximum Gasteiger partial charge on any atom is 0.311 e. The van der Waals surface area contributed by atoms with Crippen molar-refractivity contribution in [2.24, 2.45) is 11.3 Å². The first-order valence-corrected chi connectivity index (χ1v) is 7.30. The normalized spacial score (nSPS) is 24.6. The number of halogens is 1. The molecular formula is C12H19IO4. The predicted molar refractivity (Wildman–Crippen MR) is 71.9 cm³/mol. The van der Waals surface area contributed by atoms with Gasteiger partial charge < -0.3 is 9.47 Å². The topological polar surface area (TPSA) is 52.6 Å². The third kappa shape index (κ3) is 4.44. The second-order valence-corrected chi connectivity index (χ2v) is 6.20. The number of hydrogen-bond acceptors (Lipinski definition) is 4. The van der Waals surface area contributed by atoms with Crippen molar-refractivity contribution in [1.82, 2.24) is 0 Å². The van der Waals surface area contributed by atoms with Crippen LogP contribution in [0.3, 0.4) is 0 Å². The molecule has 0 aromatic carbocycles. The summed E-state index contributed by atoms with van der Waals surface area (Å²) in [6.45, 7) is 5.84. The van der Waals surface area contributed by atoms with Gasteiger partial charge >= 0.3 is 11.9 Å². The van der Waals surface area contributed by atoms with Crippen molar-refractivity contribution < 1.29 is 19.1 Å². The number of alkyl halides is 1. The highest BCUT2D eigenvalue weighted by molar-refractivity contribution is 14.1. The average molecular weight is 354 g/mol. The van der Waals surface area contributed by atoms with Crippen molar-refractivity contribution in [3.63, 3.8) is 0 Å². The van der Waals surface area contributed by atoms with E-state index in [0.717, 1.165) is 4.43 Å². The minimum absolute atomic E-state index is 0.0172. The summed E-state index contributed by atoms with van der Waals surface area (Å²) in [4.78, 5) is 22.7. The highest BCUT2D eigenvalue weighted by Crippen LogP contribution is 2.27. The molecule has 0 N–H and O–H groups in total. The summed E-state index contributed by atoms with van der Waals surface area (Å²) in [5.41, 5.74) is -0.468. The van der Waals surface area contributed by atoms with Gasteiger partial charge in [-0.1, -0.05) is 22.6 Å². The minimum atomic E-state index is -0.468. The molecule has 1 aliphatic rings. The molecule has 2 atom stereocenters. The van der Waals surface area contributed by atoms with E-state index in [4.69, 9.17) is 9.47 Å². The lowest BCUT2D eigenvalue weighted by Gasteiger charge is -2.18. The molecule has 5 heteroatoms. The first kappa shape index (κ1) is 14.7. The van der Waals surface area contributed by atoms with Gasteiger partial charge in [0.2, 0.25) is 0 Å². The third-order valence-electron chi connectivity index (χ3n) is 2.72. The summed E-state index contributed by atoms with van der Waals surface area (Å²) >= 11 is 2.21. The van der Waals surface area contributed by atoms with Crippen LogP contribution in [0.4, 0.5) is 0 Å². The molecule has 0 radical (unpaired) electrons. The summed E-state index contributed by atoms with van der Waals surface area (Å²) in [5, 5.41) is 0. The van der Waals surface area contributed by atoms with Crippen LogP contribution >= 0.6 is 22.6 Å². The van der Waals surface area contributed by atoms with Crippen molar-refractivity contribution in [3.05, 3.63) is 0 Å². The fourth-order valence-electron chi connectivity index (χ4n) is 1.62. The number of hydrogen-bond donors (Lipinski definition) is 0. The largest absolute Gasteiger partial charge is 0.465 e. The van der Waals surface area contributed by atoms with Gasteiger partial charge in [0.05, 0.1) is 18.4 Å².